The van der Waals surface area contributed by atoms with E-state index in [0.717, 1.165) is 68.1 Å². The number of amides is 3. The summed E-state index contributed by atoms with van der Waals surface area (Å²) in [6.07, 6.45) is 8.17. The van der Waals surface area contributed by atoms with Gasteiger partial charge in [0.1, 0.15) is 17.7 Å². The van der Waals surface area contributed by atoms with Crippen LogP contribution in [-0.4, -0.2) is 47.5 Å². The van der Waals surface area contributed by atoms with Gasteiger partial charge in [-0.25, -0.2) is 4.79 Å². The molecule has 3 unspecified atom stereocenters. The molecular formula is C33H57N3O4. The van der Waals surface area contributed by atoms with Gasteiger partial charge in [-0.1, -0.05) is 90.8 Å². The topological polar surface area (TPSA) is 87.7 Å². The molecule has 0 bridgehead atoms. The number of carbonyl (C=O) groups excluding carboxylic acids is 3. The van der Waals surface area contributed by atoms with Crippen LogP contribution in [0.25, 0.3) is 0 Å². The summed E-state index contributed by atoms with van der Waals surface area (Å²) >= 11 is 0. The third-order valence-corrected chi connectivity index (χ3v) is 7.52. The van der Waals surface area contributed by atoms with Crippen LogP contribution >= 0.6 is 0 Å². The van der Waals surface area contributed by atoms with Crippen molar-refractivity contribution in [1.82, 2.24) is 15.5 Å². The molecule has 0 radical (unpaired) electrons. The van der Waals surface area contributed by atoms with Crippen molar-refractivity contribution in [2.24, 2.45) is 5.92 Å². The zero-order valence-corrected chi connectivity index (χ0v) is 26.8. The number of carbonyl (C=O) groups is 3. The van der Waals surface area contributed by atoms with Crippen LogP contribution in [-0.2, 0) is 14.3 Å². The van der Waals surface area contributed by atoms with Gasteiger partial charge in [0.05, 0.1) is 0 Å². The lowest BCUT2D eigenvalue weighted by atomic mass is 9.92. The van der Waals surface area contributed by atoms with Crippen molar-refractivity contribution in [3.05, 3.63) is 34.9 Å². The van der Waals surface area contributed by atoms with Gasteiger partial charge in [-0.3, -0.25) is 9.59 Å². The molecule has 0 saturated carbocycles. The van der Waals surface area contributed by atoms with E-state index in [1.54, 1.807) is 25.7 Å². The number of aryl methyl sites for hydroxylation is 1. The quantitative estimate of drug-likeness (QED) is 0.195. The lowest BCUT2D eigenvalue weighted by molar-refractivity contribution is -0.143. The minimum atomic E-state index is -0.809. The van der Waals surface area contributed by atoms with Crippen molar-refractivity contribution in [2.45, 2.75) is 138 Å². The highest BCUT2D eigenvalue weighted by molar-refractivity contribution is 5.92. The van der Waals surface area contributed by atoms with E-state index in [1.807, 2.05) is 45.9 Å². The summed E-state index contributed by atoms with van der Waals surface area (Å²) in [4.78, 5) is 42.9. The second-order valence-electron chi connectivity index (χ2n) is 12.1. The molecule has 0 spiro atoms. The number of ether oxygens (including phenoxy) is 1. The standard InChI is InChI=1S/C33H57N3O4/c1-10-13-15-16-18-23-36(31(38)28(24(4)12-3)35-32(39)40-33(7,8)9)29(30(37)34-22-17-14-11-2)27-21-19-20-25(5)26(27)6/h19-21,24,28-29H,10-18,22-23H2,1-9H3,(H,34,37)(H,35,39). The van der Waals surface area contributed by atoms with Crippen molar-refractivity contribution < 1.29 is 19.1 Å². The maximum Gasteiger partial charge on any atom is 0.408 e. The van der Waals surface area contributed by atoms with E-state index in [1.165, 1.54) is 0 Å². The maximum atomic E-state index is 14.4. The van der Waals surface area contributed by atoms with Crippen LogP contribution in [0, 0.1) is 19.8 Å². The molecule has 0 heterocycles. The van der Waals surface area contributed by atoms with Gasteiger partial charge in [0, 0.05) is 13.1 Å². The maximum absolute atomic E-state index is 14.4. The van der Waals surface area contributed by atoms with Gasteiger partial charge in [-0.2, -0.15) is 0 Å². The Bertz CT molecular complexity index is 925. The molecule has 0 aromatic heterocycles. The van der Waals surface area contributed by atoms with E-state index in [2.05, 4.69) is 24.5 Å². The molecule has 1 aromatic carbocycles. The van der Waals surface area contributed by atoms with Crippen LogP contribution in [0.1, 0.15) is 129 Å². The molecule has 0 saturated heterocycles. The first kappa shape index (κ1) is 35.5. The third kappa shape index (κ3) is 11.9. The molecule has 1 rings (SSSR count). The Morgan fingerprint density at radius 3 is 2.15 bits per heavy atom. The second kappa shape index (κ2) is 18.0. The van der Waals surface area contributed by atoms with Gasteiger partial charge in [-0.15, -0.1) is 0 Å². The lowest BCUT2D eigenvalue weighted by Gasteiger charge is -2.37. The predicted molar refractivity (Wildman–Crippen MR) is 164 cm³/mol. The molecule has 0 aliphatic heterocycles. The predicted octanol–water partition coefficient (Wildman–Crippen LogP) is 7.39. The number of hydrogen-bond donors (Lipinski definition) is 2. The van der Waals surface area contributed by atoms with Crippen LogP contribution < -0.4 is 10.6 Å². The zero-order valence-electron chi connectivity index (χ0n) is 26.8. The van der Waals surface area contributed by atoms with Gasteiger partial charge in [0.2, 0.25) is 11.8 Å². The first-order chi connectivity index (χ1) is 18.9. The van der Waals surface area contributed by atoms with Gasteiger partial charge >= 0.3 is 6.09 Å². The fraction of sp³-hybridized carbons (Fsp3) is 0.727. The Balaban J connectivity index is 3.53. The third-order valence-electron chi connectivity index (χ3n) is 7.52. The SMILES string of the molecule is CCCCCCCN(C(=O)C(NC(=O)OC(C)(C)C)C(C)CC)C(C(=O)NCCCCC)c1cccc(C)c1C. The summed E-state index contributed by atoms with van der Waals surface area (Å²) in [6.45, 7) is 18.7. The number of unbranched alkanes of at least 4 members (excludes halogenated alkanes) is 6. The summed E-state index contributed by atoms with van der Waals surface area (Å²) < 4.78 is 5.52. The van der Waals surface area contributed by atoms with E-state index in [-0.39, 0.29) is 17.7 Å². The molecule has 3 atom stereocenters. The van der Waals surface area contributed by atoms with Crippen molar-refractivity contribution in [2.75, 3.05) is 13.1 Å². The van der Waals surface area contributed by atoms with Crippen molar-refractivity contribution in [3.8, 4) is 0 Å². The summed E-state index contributed by atoms with van der Waals surface area (Å²) in [5, 5.41) is 5.98. The van der Waals surface area contributed by atoms with Crippen molar-refractivity contribution >= 4 is 17.9 Å². The summed E-state index contributed by atoms with van der Waals surface area (Å²) in [7, 11) is 0. The fourth-order valence-corrected chi connectivity index (χ4v) is 4.75. The highest BCUT2D eigenvalue weighted by atomic mass is 16.6. The number of benzene rings is 1. The molecule has 0 aliphatic rings. The monoisotopic (exact) mass is 559 g/mol. The first-order valence-corrected chi connectivity index (χ1v) is 15.5. The highest BCUT2D eigenvalue weighted by Crippen LogP contribution is 2.29. The molecule has 7 nitrogen and oxygen atoms in total. The molecule has 1 aromatic rings. The summed E-state index contributed by atoms with van der Waals surface area (Å²) in [5.41, 5.74) is 2.21. The van der Waals surface area contributed by atoms with Crippen LogP contribution in [0.2, 0.25) is 0 Å². The second-order valence-corrected chi connectivity index (χ2v) is 12.1. The van der Waals surface area contributed by atoms with Gasteiger partial charge in [0.15, 0.2) is 0 Å². The Labute approximate surface area is 244 Å². The largest absolute Gasteiger partial charge is 0.444 e. The smallest absolute Gasteiger partial charge is 0.408 e. The highest BCUT2D eigenvalue weighted by Gasteiger charge is 2.38. The fourth-order valence-electron chi connectivity index (χ4n) is 4.75. The van der Waals surface area contributed by atoms with Crippen LogP contribution in [0.3, 0.4) is 0 Å². The average molecular weight is 560 g/mol. The van der Waals surface area contributed by atoms with Crippen molar-refractivity contribution in [3.63, 3.8) is 0 Å². The van der Waals surface area contributed by atoms with Gasteiger partial charge in [-0.05, 0) is 70.1 Å². The van der Waals surface area contributed by atoms with Crippen molar-refractivity contribution in [1.29, 1.82) is 0 Å². The van der Waals surface area contributed by atoms with Crippen LogP contribution in [0.4, 0.5) is 4.79 Å². The number of hydrogen-bond acceptors (Lipinski definition) is 4. The molecule has 0 aliphatic carbocycles. The molecule has 0 fully saturated rings. The molecular weight excluding hydrogens is 502 g/mol. The number of alkyl carbamates (subject to hydrolysis) is 1. The first-order valence-electron chi connectivity index (χ1n) is 15.5. The summed E-state index contributed by atoms with van der Waals surface area (Å²) in [6, 6.07) is 4.33. The molecule has 2 N–H and O–H groups in total. The average Bonchev–Trinajstić information content (AvgIpc) is 2.89. The lowest BCUT2D eigenvalue weighted by Crippen LogP contribution is -2.55. The van der Waals surface area contributed by atoms with E-state index in [9.17, 15) is 14.4 Å². The summed E-state index contributed by atoms with van der Waals surface area (Å²) in [5.74, 6) is -0.563. The van der Waals surface area contributed by atoms with Crippen LogP contribution in [0.5, 0.6) is 0 Å². The van der Waals surface area contributed by atoms with E-state index < -0.39 is 23.8 Å². The molecule has 3 amide bonds. The Hall–Kier alpha value is -2.57. The minimum absolute atomic E-state index is 0.144. The van der Waals surface area contributed by atoms with E-state index in [0.29, 0.717) is 19.5 Å². The van der Waals surface area contributed by atoms with Crippen LogP contribution in [0.15, 0.2) is 18.2 Å². The number of rotatable bonds is 17. The zero-order chi connectivity index (χ0) is 30.3. The van der Waals surface area contributed by atoms with E-state index in [4.69, 9.17) is 4.74 Å². The Morgan fingerprint density at radius 1 is 0.925 bits per heavy atom. The minimum Gasteiger partial charge on any atom is -0.444 e. The molecule has 7 heteroatoms. The van der Waals surface area contributed by atoms with Gasteiger partial charge < -0.3 is 20.3 Å². The number of nitrogens with one attached hydrogen (secondary N) is 2. The Morgan fingerprint density at radius 2 is 1.55 bits per heavy atom. The molecule has 40 heavy (non-hydrogen) atoms. The Kier molecular flexibility index (Phi) is 15.9. The van der Waals surface area contributed by atoms with Gasteiger partial charge in [0.25, 0.3) is 0 Å². The van der Waals surface area contributed by atoms with E-state index >= 15 is 0 Å². The molecule has 228 valence electrons. The normalized spacial score (nSPS) is 13.7. The number of nitrogens with zero attached hydrogens (tertiary/aromatic N) is 1.